The minimum absolute atomic E-state index is 0.0248. The van der Waals surface area contributed by atoms with E-state index in [-0.39, 0.29) is 31.3 Å². The molecule has 0 saturated carbocycles. The molecular weight excluding hydrogens is 301 g/mol. The first-order valence-electron chi connectivity index (χ1n) is 4.12. The molecule has 0 aromatic rings. The number of hydrogen-bond acceptors (Lipinski definition) is 4. The first kappa shape index (κ1) is 13.3. The van der Waals surface area contributed by atoms with Crippen LogP contribution >= 0.6 is 22.6 Å². The molecule has 0 aromatic heterocycles. The van der Waals surface area contributed by atoms with Crippen LogP contribution in [0, 0.1) is 0 Å². The van der Waals surface area contributed by atoms with Gasteiger partial charge in [0.2, 0.25) is 5.91 Å². The fourth-order valence-corrected chi connectivity index (χ4v) is 1.12. The Balaban J connectivity index is 3.39. The number of amides is 1. The van der Waals surface area contributed by atoms with Crippen LogP contribution in [0.3, 0.4) is 0 Å². The number of carbonyl (C=O) groups excluding carboxylic acids is 3. The van der Waals surface area contributed by atoms with Crippen molar-refractivity contribution in [2.24, 2.45) is 0 Å². The summed E-state index contributed by atoms with van der Waals surface area (Å²) in [6.07, 6.45) is 1.53. The number of carbonyl (C=O) groups is 3. The van der Waals surface area contributed by atoms with Gasteiger partial charge in [0, 0.05) is 12.8 Å². The smallest absolute Gasteiger partial charge is 0.306 e. The summed E-state index contributed by atoms with van der Waals surface area (Å²) in [6.45, 7) is 0.0248. The number of nitrogens with one attached hydrogen (secondary N) is 1. The molecule has 0 saturated heterocycles. The Labute approximate surface area is 95.7 Å². The van der Waals surface area contributed by atoms with Crippen LogP contribution in [-0.4, -0.2) is 29.3 Å². The second-order valence-corrected chi connectivity index (χ2v) is 3.07. The molecule has 0 aliphatic heterocycles. The maximum Gasteiger partial charge on any atom is 0.306 e. The minimum atomic E-state index is -0.303. The standard InChI is InChI=1S/C8H12INO4/c9-6-14-8(13)3-1-2-7(12)10-4-5-11/h5H,1-4,6H2,(H,10,12). The molecule has 0 spiro atoms. The summed E-state index contributed by atoms with van der Waals surface area (Å²) < 4.78 is 4.99. The molecule has 0 rings (SSSR count). The topological polar surface area (TPSA) is 72.5 Å². The number of halogens is 1. The summed E-state index contributed by atoms with van der Waals surface area (Å²) >= 11 is 1.92. The Hall–Kier alpha value is -0.660. The molecule has 14 heavy (non-hydrogen) atoms. The highest BCUT2D eigenvalue weighted by Crippen LogP contribution is 1.98. The third-order valence-corrected chi connectivity index (χ3v) is 1.69. The minimum Gasteiger partial charge on any atom is -0.455 e. The van der Waals surface area contributed by atoms with Crippen molar-refractivity contribution >= 4 is 40.8 Å². The Bertz CT molecular complexity index is 208. The second-order valence-electron chi connectivity index (χ2n) is 2.45. The van der Waals surface area contributed by atoms with Gasteiger partial charge in [-0.1, -0.05) is 0 Å². The molecule has 0 unspecified atom stereocenters. The lowest BCUT2D eigenvalue weighted by molar-refractivity contribution is -0.141. The molecule has 6 heteroatoms. The molecule has 1 N–H and O–H groups in total. The van der Waals surface area contributed by atoms with Gasteiger partial charge in [-0.15, -0.1) is 0 Å². The fourth-order valence-electron chi connectivity index (χ4n) is 0.770. The molecule has 80 valence electrons. The van der Waals surface area contributed by atoms with E-state index in [0.29, 0.717) is 17.3 Å². The van der Waals surface area contributed by atoms with Gasteiger partial charge in [0.25, 0.3) is 0 Å². The van der Waals surface area contributed by atoms with Gasteiger partial charge in [0.05, 0.1) is 6.54 Å². The van der Waals surface area contributed by atoms with E-state index in [1.807, 2.05) is 22.6 Å². The van der Waals surface area contributed by atoms with Crippen LogP contribution in [0.15, 0.2) is 0 Å². The summed E-state index contributed by atoms with van der Waals surface area (Å²) in [7, 11) is 0. The normalized spacial score (nSPS) is 9.21. The first-order chi connectivity index (χ1) is 6.70. The largest absolute Gasteiger partial charge is 0.455 e. The average molecular weight is 313 g/mol. The van der Waals surface area contributed by atoms with Gasteiger partial charge in [-0.3, -0.25) is 9.59 Å². The van der Waals surface area contributed by atoms with Gasteiger partial charge < -0.3 is 14.8 Å². The number of hydrogen-bond donors (Lipinski definition) is 1. The summed E-state index contributed by atoms with van der Waals surface area (Å²) in [5.74, 6) is -0.526. The van der Waals surface area contributed by atoms with E-state index in [9.17, 15) is 14.4 Å². The number of alkyl halides is 1. The summed E-state index contributed by atoms with van der Waals surface area (Å²) in [5, 5.41) is 2.38. The number of rotatable bonds is 7. The summed E-state index contributed by atoms with van der Waals surface area (Å²) in [6, 6.07) is 0. The monoisotopic (exact) mass is 313 g/mol. The molecule has 0 aliphatic rings. The molecule has 0 aliphatic carbocycles. The average Bonchev–Trinajstić information content (AvgIpc) is 2.15. The van der Waals surface area contributed by atoms with E-state index in [1.165, 1.54) is 0 Å². The lowest BCUT2D eigenvalue weighted by atomic mass is 10.2. The van der Waals surface area contributed by atoms with Gasteiger partial charge in [-0.05, 0) is 29.0 Å². The number of ether oxygens (including phenoxy) is 1. The molecule has 0 atom stereocenters. The zero-order valence-corrected chi connectivity index (χ0v) is 9.78. The van der Waals surface area contributed by atoms with E-state index >= 15 is 0 Å². The van der Waals surface area contributed by atoms with Gasteiger partial charge in [-0.2, -0.15) is 0 Å². The van der Waals surface area contributed by atoms with Crippen LogP contribution in [0.5, 0.6) is 0 Å². The van der Waals surface area contributed by atoms with Crippen molar-refractivity contribution in [2.75, 3.05) is 11.2 Å². The summed E-state index contributed by atoms with van der Waals surface area (Å²) in [5.41, 5.74) is 0. The molecule has 0 radical (unpaired) electrons. The van der Waals surface area contributed by atoms with E-state index in [1.54, 1.807) is 0 Å². The van der Waals surface area contributed by atoms with Crippen LogP contribution in [0.25, 0.3) is 0 Å². The highest BCUT2D eigenvalue weighted by Gasteiger charge is 2.04. The SMILES string of the molecule is O=CCNC(=O)CCCC(=O)OCI. The van der Waals surface area contributed by atoms with E-state index in [4.69, 9.17) is 0 Å². The van der Waals surface area contributed by atoms with Gasteiger partial charge in [0.1, 0.15) is 10.9 Å². The van der Waals surface area contributed by atoms with Crippen LogP contribution in [0.1, 0.15) is 19.3 Å². The third-order valence-electron chi connectivity index (χ3n) is 1.38. The van der Waals surface area contributed by atoms with Crippen LogP contribution in [0.4, 0.5) is 0 Å². The van der Waals surface area contributed by atoms with Crippen LogP contribution in [-0.2, 0) is 19.1 Å². The second kappa shape index (κ2) is 8.92. The highest BCUT2D eigenvalue weighted by molar-refractivity contribution is 14.1. The lowest BCUT2D eigenvalue weighted by Gasteiger charge is -2.01. The molecular formula is C8H12INO4. The maximum absolute atomic E-state index is 10.9. The van der Waals surface area contributed by atoms with Crippen molar-refractivity contribution in [3.8, 4) is 0 Å². The van der Waals surface area contributed by atoms with Crippen molar-refractivity contribution in [1.82, 2.24) is 5.32 Å². The number of aldehydes is 1. The Kier molecular flexibility index (Phi) is 8.50. The van der Waals surface area contributed by atoms with Crippen molar-refractivity contribution < 1.29 is 19.1 Å². The van der Waals surface area contributed by atoms with Gasteiger partial charge in [-0.25, -0.2) is 0 Å². The van der Waals surface area contributed by atoms with Crippen molar-refractivity contribution in [1.29, 1.82) is 0 Å². The molecule has 5 nitrogen and oxygen atoms in total. The van der Waals surface area contributed by atoms with Crippen LogP contribution in [0.2, 0.25) is 0 Å². The van der Waals surface area contributed by atoms with Crippen molar-refractivity contribution in [3.63, 3.8) is 0 Å². The van der Waals surface area contributed by atoms with E-state index < -0.39 is 0 Å². The summed E-state index contributed by atoms with van der Waals surface area (Å²) in [4.78, 5) is 31.6. The lowest BCUT2D eigenvalue weighted by Crippen LogP contribution is -2.24. The first-order valence-corrected chi connectivity index (χ1v) is 5.65. The van der Waals surface area contributed by atoms with Gasteiger partial charge in [0.15, 0.2) is 0 Å². The fraction of sp³-hybridized carbons (Fsp3) is 0.625. The van der Waals surface area contributed by atoms with E-state index in [0.717, 1.165) is 0 Å². The quantitative estimate of drug-likeness (QED) is 0.320. The molecule has 0 aromatic carbocycles. The van der Waals surface area contributed by atoms with Crippen LogP contribution < -0.4 is 5.32 Å². The van der Waals surface area contributed by atoms with Gasteiger partial charge >= 0.3 is 5.97 Å². The maximum atomic E-state index is 10.9. The predicted molar refractivity (Wildman–Crippen MR) is 57.9 cm³/mol. The molecule has 1 amide bonds. The number of esters is 1. The molecule has 0 fully saturated rings. The van der Waals surface area contributed by atoms with Crippen molar-refractivity contribution in [2.45, 2.75) is 19.3 Å². The van der Waals surface area contributed by atoms with Crippen molar-refractivity contribution in [3.05, 3.63) is 0 Å². The molecule has 0 heterocycles. The predicted octanol–water partition coefficient (Wildman–Crippen LogP) is 0.407. The Morgan fingerprint density at radius 1 is 1.36 bits per heavy atom. The highest BCUT2D eigenvalue weighted by atomic mass is 127. The molecule has 0 bridgehead atoms. The van der Waals surface area contributed by atoms with E-state index in [2.05, 4.69) is 10.1 Å². The third kappa shape index (κ3) is 7.96. The zero-order chi connectivity index (χ0) is 10.8. The Morgan fingerprint density at radius 3 is 2.64 bits per heavy atom. The Morgan fingerprint density at radius 2 is 2.07 bits per heavy atom. The zero-order valence-electron chi connectivity index (χ0n) is 7.62.